The lowest BCUT2D eigenvalue weighted by atomic mass is 10.2. The maximum Gasteiger partial charge on any atom is 0.350 e. The lowest BCUT2D eigenvalue weighted by Crippen LogP contribution is -2.34. The van der Waals surface area contributed by atoms with Crippen LogP contribution in [-0.2, 0) is 11.3 Å². The molecule has 0 fully saturated rings. The summed E-state index contributed by atoms with van der Waals surface area (Å²) in [4.78, 5) is 31.7. The highest BCUT2D eigenvalue weighted by molar-refractivity contribution is 6.30. The predicted octanol–water partition coefficient (Wildman–Crippen LogP) is 3.84. The highest BCUT2D eigenvalue weighted by Gasteiger charge is 2.20. The van der Waals surface area contributed by atoms with Crippen LogP contribution >= 0.6 is 11.6 Å². The van der Waals surface area contributed by atoms with E-state index in [-0.39, 0.29) is 18.3 Å². The van der Waals surface area contributed by atoms with Crippen molar-refractivity contribution in [2.24, 2.45) is 0 Å². The molecule has 34 heavy (non-hydrogen) atoms. The van der Waals surface area contributed by atoms with E-state index in [1.165, 1.54) is 9.30 Å². The number of anilines is 1. The van der Waals surface area contributed by atoms with Crippen LogP contribution in [-0.4, -0.2) is 37.3 Å². The van der Waals surface area contributed by atoms with Gasteiger partial charge in [0.05, 0.1) is 5.56 Å². The second-order valence-electron chi connectivity index (χ2n) is 7.78. The van der Waals surface area contributed by atoms with Crippen LogP contribution in [0.15, 0.2) is 76.2 Å². The zero-order chi connectivity index (χ0) is 23.8. The van der Waals surface area contributed by atoms with Gasteiger partial charge >= 0.3 is 5.69 Å². The number of hydrogen-bond donors (Lipinski definition) is 0. The second kappa shape index (κ2) is 8.60. The molecule has 0 aliphatic carbocycles. The third-order valence-corrected chi connectivity index (χ3v) is 5.67. The van der Waals surface area contributed by atoms with Crippen molar-refractivity contribution < 1.29 is 9.32 Å². The van der Waals surface area contributed by atoms with Gasteiger partial charge in [-0.1, -0.05) is 28.9 Å². The highest BCUT2D eigenvalue weighted by Crippen LogP contribution is 2.25. The minimum atomic E-state index is -0.444. The molecule has 5 aromatic rings. The Balaban J connectivity index is 1.47. The lowest BCUT2D eigenvalue weighted by molar-refractivity contribution is -0.119. The molecule has 10 heteroatoms. The van der Waals surface area contributed by atoms with Gasteiger partial charge < -0.3 is 9.42 Å². The maximum absolute atomic E-state index is 12.9. The fourth-order valence-corrected chi connectivity index (χ4v) is 3.70. The van der Waals surface area contributed by atoms with Gasteiger partial charge in [-0.05, 0) is 61.0 Å². The van der Waals surface area contributed by atoms with Crippen LogP contribution in [0.25, 0.3) is 28.5 Å². The summed E-state index contributed by atoms with van der Waals surface area (Å²) in [6, 6.07) is 18.0. The van der Waals surface area contributed by atoms with E-state index in [1.807, 2.05) is 31.2 Å². The number of aromatic nitrogens is 5. The van der Waals surface area contributed by atoms with E-state index in [4.69, 9.17) is 16.1 Å². The molecule has 0 spiro atoms. The van der Waals surface area contributed by atoms with Gasteiger partial charge in [0, 0.05) is 29.5 Å². The van der Waals surface area contributed by atoms with Gasteiger partial charge in [0.1, 0.15) is 6.54 Å². The van der Waals surface area contributed by atoms with E-state index in [0.717, 1.165) is 21.5 Å². The van der Waals surface area contributed by atoms with Gasteiger partial charge in [0.15, 0.2) is 5.65 Å². The number of amides is 1. The van der Waals surface area contributed by atoms with E-state index < -0.39 is 5.69 Å². The molecule has 9 nitrogen and oxygen atoms in total. The molecule has 0 aliphatic heterocycles. The molecule has 5 rings (SSSR count). The van der Waals surface area contributed by atoms with Crippen molar-refractivity contribution in [2.75, 3.05) is 11.9 Å². The standard InChI is InChI=1S/C24H19ClN6O3/c1-15-5-3-6-18(13-15)29(2)20(32)14-31-24(33)30-12-4-7-19(22(30)27-31)23-26-21(28-34-23)16-8-10-17(25)11-9-16/h3-13H,14H2,1-2H3. The zero-order valence-corrected chi connectivity index (χ0v) is 19.1. The number of pyridine rings is 1. The number of halogens is 1. The van der Waals surface area contributed by atoms with Crippen molar-refractivity contribution in [3.8, 4) is 22.8 Å². The first-order valence-electron chi connectivity index (χ1n) is 10.4. The number of nitrogens with zero attached hydrogens (tertiary/aromatic N) is 6. The Hall–Kier alpha value is -4.24. The number of rotatable bonds is 5. The normalized spacial score (nSPS) is 11.1. The number of hydrogen-bond acceptors (Lipinski definition) is 6. The van der Waals surface area contributed by atoms with Crippen molar-refractivity contribution in [1.82, 2.24) is 24.3 Å². The van der Waals surface area contributed by atoms with E-state index in [9.17, 15) is 9.59 Å². The fourth-order valence-electron chi connectivity index (χ4n) is 3.57. The smallest absolute Gasteiger partial charge is 0.333 e. The monoisotopic (exact) mass is 474 g/mol. The van der Waals surface area contributed by atoms with Crippen LogP contribution in [0.1, 0.15) is 5.56 Å². The average molecular weight is 475 g/mol. The Morgan fingerprint density at radius 1 is 1.12 bits per heavy atom. The van der Waals surface area contributed by atoms with Gasteiger partial charge in [-0.25, -0.2) is 13.9 Å². The van der Waals surface area contributed by atoms with Crippen molar-refractivity contribution in [1.29, 1.82) is 0 Å². The van der Waals surface area contributed by atoms with E-state index in [0.29, 0.717) is 22.1 Å². The van der Waals surface area contributed by atoms with Crippen LogP contribution in [0, 0.1) is 6.92 Å². The molecule has 2 aromatic carbocycles. The molecule has 3 heterocycles. The second-order valence-corrected chi connectivity index (χ2v) is 8.21. The molecule has 0 atom stereocenters. The fraction of sp³-hybridized carbons (Fsp3) is 0.125. The number of carbonyl (C=O) groups is 1. The Bertz CT molecular complexity index is 1570. The molecule has 0 N–H and O–H groups in total. The number of likely N-dealkylation sites (N-methyl/N-ethyl adjacent to an activating group) is 1. The van der Waals surface area contributed by atoms with Gasteiger partial charge in [-0.3, -0.25) is 4.79 Å². The molecule has 0 unspecified atom stereocenters. The molecule has 1 amide bonds. The summed E-state index contributed by atoms with van der Waals surface area (Å²) in [5.41, 5.74) is 2.85. The first-order valence-corrected chi connectivity index (χ1v) is 10.8. The van der Waals surface area contributed by atoms with E-state index >= 15 is 0 Å². The molecule has 0 radical (unpaired) electrons. The van der Waals surface area contributed by atoms with Crippen molar-refractivity contribution in [3.05, 3.63) is 87.9 Å². The molecular formula is C24H19ClN6O3. The first-order chi connectivity index (χ1) is 16.4. The molecule has 170 valence electrons. The third-order valence-electron chi connectivity index (χ3n) is 5.42. The molecule has 0 saturated heterocycles. The van der Waals surface area contributed by atoms with Crippen molar-refractivity contribution >= 4 is 28.8 Å². The van der Waals surface area contributed by atoms with Crippen LogP contribution in [0.5, 0.6) is 0 Å². The molecule has 3 aromatic heterocycles. The summed E-state index contributed by atoms with van der Waals surface area (Å²) in [5, 5.41) is 9.02. The van der Waals surface area contributed by atoms with Crippen molar-refractivity contribution in [3.63, 3.8) is 0 Å². The Morgan fingerprint density at radius 2 is 1.91 bits per heavy atom. The zero-order valence-electron chi connectivity index (χ0n) is 18.3. The summed E-state index contributed by atoms with van der Waals surface area (Å²) in [6.07, 6.45) is 1.58. The Kier molecular flexibility index (Phi) is 5.46. The number of benzene rings is 2. The summed E-state index contributed by atoms with van der Waals surface area (Å²) in [7, 11) is 1.67. The maximum atomic E-state index is 12.9. The molecular weight excluding hydrogens is 456 g/mol. The van der Waals surface area contributed by atoms with Crippen LogP contribution < -0.4 is 10.6 Å². The van der Waals surface area contributed by atoms with Crippen LogP contribution in [0.3, 0.4) is 0 Å². The number of aryl methyl sites for hydroxylation is 1. The SMILES string of the molecule is Cc1cccc(N(C)C(=O)Cn2nc3c(-c4nc(-c5ccc(Cl)cc5)no4)cccn3c2=O)c1. The summed E-state index contributed by atoms with van der Waals surface area (Å²) in [6.45, 7) is 1.73. The summed E-state index contributed by atoms with van der Waals surface area (Å²) >= 11 is 5.95. The largest absolute Gasteiger partial charge is 0.350 e. The third kappa shape index (κ3) is 3.97. The Morgan fingerprint density at radius 3 is 2.68 bits per heavy atom. The quantitative estimate of drug-likeness (QED) is 0.384. The van der Waals surface area contributed by atoms with Gasteiger partial charge in [0.2, 0.25) is 11.7 Å². The van der Waals surface area contributed by atoms with Gasteiger partial charge in [0.25, 0.3) is 5.89 Å². The minimum absolute atomic E-state index is 0.205. The number of fused-ring (bicyclic) bond motifs is 1. The lowest BCUT2D eigenvalue weighted by Gasteiger charge is -2.17. The average Bonchev–Trinajstić information content (AvgIpc) is 3.44. The van der Waals surface area contributed by atoms with E-state index in [1.54, 1.807) is 49.6 Å². The summed E-state index contributed by atoms with van der Waals surface area (Å²) < 4.78 is 7.92. The minimum Gasteiger partial charge on any atom is -0.333 e. The van der Waals surface area contributed by atoms with Crippen molar-refractivity contribution in [2.45, 2.75) is 13.5 Å². The van der Waals surface area contributed by atoms with Gasteiger partial charge in [-0.2, -0.15) is 4.98 Å². The first kappa shape index (κ1) is 21.6. The van der Waals surface area contributed by atoms with Gasteiger partial charge in [-0.15, -0.1) is 5.10 Å². The topological polar surface area (TPSA) is 98.5 Å². The molecule has 0 aliphatic rings. The molecule has 0 saturated carbocycles. The molecule has 0 bridgehead atoms. The van der Waals surface area contributed by atoms with Crippen LogP contribution in [0.4, 0.5) is 5.69 Å². The Labute approximate surface area is 198 Å². The van der Waals surface area contributed by atoms with Crippen LogP contribution in [0.2, 0.25) is 5.02 Å². The van der Waals surface area contributed by atoms with E-state index in [2.05, 4.69) is 15.2 Å². The number of carbonyl (C=O) groups excluding carboxylic acids is 1. The predicted molar refractivity (Wildman–Crippen MR) is 128 cm³/mol. The highest BCUT2D eigenvalue weighted by atomic mass is 35.5. The summed E-state index contributed by atoms with van der Waals surface area (Å²) in [5.74, 6) is 0.307.